The third-order valence-electron chi connectivity index (χ3n) is 2.05. The molecule has 1 rings (SSSR count). The normalized spacial score (nSPS) is 11.2. The van der Waals surface area contributed by atoms with Gasteiger partial charge in [-0.15, -0.1) is 0 Å². The molecule has 0 bridgehead atoms. The van der Waals surface area contributed by atoms with E-state index in [4.69, 9.17) is 26.3 Å². The Bertz CT molecular complexity index is 477. The molecule has 0 aliphatic carbocycles. The molecule has 1 aromatic carbocycles. The summed E-state index contributed by atoms with van der Waals surface area (Å²) < 4.78 is 9.97. The Morgan fingerprint density at radius 2 is 2.00 bits per heavy atom. The van der Waals surface area contributed by atoms with Gasteiger partial charge in [0.2, 0.25) is 0 Å². The van der Waals surface area contributed by atoms with Crippen molar-refractivity contribution in [1.29, 1.82) is 5.26 Å². The average molecular weight is 266 g/mol. The van der Waals surface area contributed by atoms with Gasteiger partial charge in [0.15, 0.2) is 17.4 Å². The zero-order valence-corrected chi connectivity index (χ0v) is 10.6. The summed E-state index contributed by atoms with van der Waals surface area (Å²) in [5.41, 5.74) is 0.409. The third kappa shape index (κ3) is 3.51. The van der Waals surface area contributed by atoms with Gasteiger partial charge in [0, 0.05) is 5.56 Å². The average Bonchev–Trinajstić information content (AvgIpc) is 2.40. The van der Waals surface area contributed by atoms with E-state index < -0.39 is 5.97 Å². The maximum atomic E-state index is 11.6. The number of benzene rings is 1. The van der Waals surface area contributed by atoms with E-state index in [0.717, 1.165) is 0 Å². The highest BCUT2D eigenvalue weighted by atomic mass is 35.5. The van der Waals surface area contributed by atoms with Gasteiger partial charge in [-0.2, -0.15) is 5.26 Å². The summed E-state index contributed by atoms with van der Waals surface area (Å²) >= 11 is 5.51. The smallest absolute Gasteiger partial charge is 0.352 e. The number of hydrogen-bond donors (Lipinski definition) is 0. The number of rotatable bonds is 5. The van der Waals surface area contributed by atoms with Crippen LogP contribution in [0.4, 0.5) is 0 Å². The Hall–Kier alpha value is -1.99. The fourth-order valence-corrected chi connectivity index (χ4v) is 1.45. The summed E-state index contributed by atoms with van der Waals surface area (Å²) in [5.74, 6) is -0.587. The number of nitriles is 1. The molecule has 18 heavy (non-hydrogen) atoms. The molecule has 0 aliphatic rings. The van der Waals surface area contributed by atoms with Crippen molar-refractivity contribution in [2.45, 2.75) is 6.92 Å². The molecule has 94 valence electrons. The van der Waals surface area contributed by atoms with Gasteiger partial charge in [0.25, 0.3) is 0 Å². The molecular weight excluding hydrogens is 254 g/mol. The molecule has 0 atom stereocenters. The van der Waals surface area contributed by atoms with Crippen LogP contribution >= 0.6 is 11.6 Å². The van der Waals surface area contributed by atoms with E-state index in [1.54, 1.807) is 37.3 Å². The van der Waals surface area contributed by atoms with E-state index in [-0.39, 0.29) is 24.0 Å². The molecular formula is C13H12ClNO3. The fourth-order valence-electron chi connectivity index (χ4n) is 1.34. The SMILES string of the molecule is CCOC(=O)C(C#N)=C(OCCl)c1ccccc1. The molecule has 0 aliphatic heterocycles. The lowest BCUT2D eigenvalue weighted by atomic mass is 10.1. The molecule has 0 heterocycles. The summed E-state index contributed by atoms with van der Waals surface area (Å²) in [6, 6.07) is 10.4. The largest absolute Gasteiger partial charge is 0.476 e. The lowest BCUT2D eigenvalue weighted by Gasteiger charge is -2.10. The van der Waals surface area contributed by atoms with Gasteiger partial charge in [-0.1, -0.05) is 41.9 Å². The number of hydrogen-bond acceptors (Lipinski definition) is 4. The highest BCUT2D eigenvalue weighted by molar-refractivity contribution is 6.17. The second-order valence-electron chi connectivity index (χ2n) is 3.16. The van der Waals surface area contributed by atoms with Crippen LogP contribution in [0.3, 0.4) is 0 Å². The number of carbonyl (C=O) groups excluding carboxylic acids is 1. The minimum absolute atomic E-state index is 0.131. The Balaban J connectivity index is 3.23. The Morgan fingerprint density at radius 1 is 1.33 bits per heavy atom. The lowest BCUT2D eigenvalue weighted by Crippen LogP contribution is -2.10. The first kappa shape index (κ1) is 14.1. The highest BCUT2D eigenvalue weighted by Crippen LogP contribution is 2.21. The second-order valence-corrected chi connectivity index (χ2v) is 3.37. The molecule has 5 heteroatoms. The molecule has 4 nitrogen and oxygen atoms in total. The molecule has 1 aromatic rings. The fraction of sp³-hybridized carbons (Fsp3) is 0.231. The van der Waals surface area contributed by atoms with E-state index in [0.29, 0.717) is 5.56 Å². The second kappa shape index (κ2) is 7.36. The maximum absolute atomic E-state index is 11.6. The van der Waals surface area contributed by atoms with Gasteiger partial charge in [-0.25, -0.2) is 4.79 Å². The standard InChI is InChI=1S/C13H12ClNO3/c1-2-17-13(16)11(8-15)12(18-9-14)10-6-4-3-5-7-10/h3-7H,2,9H2,1H3. The minimum atomic E-state index is -0.719. The van der Waals surface area contributed by atoms with E-state index in [9.17, 15) is 4.79 Å². The number of ether oxygens (including phenoxy) is 2. The van der Waals surface area contributed by atoms with Gasteiger partial charge in [0.05, 0.1) is 6.61 Å². The number of nitrogens with zero attached hydrogens (tertiary/aromatic N) is 1. The summed E-state index contributed by atoms with van der Waals surface area (Å²) in [5, 5.41) is 9.05. The van der Waals surface area contributed by atoms with Gasteiger partial charge >= 0.3 is 5.97 Å². The molecule has 0 aromatic heterocycles. The molecule has 0 N–H and O–H groups in total. The summed E-state index contributed by atoms with van der Waals surface area (Å²) in [4.78, 5) is 11.6. The van der Waals surface area contributed by atoms with Crippen molar-refractivity contribution in [3.63, 3.8) is 0 Å². The van der Waals surface area contributed by atoms with Crippen LogP contribution in [-0.4, -0.2) is 18.6 Å². The third-order valence-corrected chi connectivity index (χ3v) is 2.16. The number of carbonyl (C=O) groups is 1. The van der Waals surface area contributed by atoms with Crippen molar-refractivity contribution in [2.24, 2.45) is 0 Å². The number of halogens is 1. The Kier molecular flexibility index (Phi) is 5.75. The molecule has 0 radical (unpaired) electrons. The molecule has 0 spiro atoms. The van der Waals surface area contributed by atoms with Crippen molar-refractivity contribution in [1.82, 2.24) is 0 Å². The van der Waals surface area contributed by atoms with Crippen molar-refractivity contribution in [2.75, 3.05) is 12.7 Å². The predicted octanol–water partition coefficient (Wildman–Crippen LogP) is 2.70. The van der Waals surface area contributed by atoms with Crippen molar-refractivity contribution in [3.8, 4) is 6.07 Å². The van der Waals surface area contributed by atoms with Crippen molar-refractivity contribution in [3.05, 3.63) is 41.5 Å². The molecule has 0 unspecified atom stereocenters. The van der Waals surface area contributed by atoms with Crippen LogP contribution in [0, 0.1) is 11.3 Å². The van der Waals surface area contributed by atoms with Crippen LogP contribution in [0.2, 0.25) is 0 Å². The van der Waals surface area contributed by atoms with Crippen LogP contribution in [-0.2, 0) is 14.3 Å². The van der Waals surface area contributed by atoms with Crippen LogP contribution in [0.1, 0.15) is 12.5 Å². The zero-order chi connectivity index (χ0) is 13.4. The van der Waals surface area contributed by atoms with E-state index >= 15 is 0 Å². The van der Waals surface area contributed by atoms with E-state index in [2.05, 4.69) is 0 Å². The van der Waals surface area contributed by atoms with Crippen molar-refractivity contribution < 1.29 is 14.3 Å². The molecule has 0 saturated carbocycles. The topological polar surface area (TPSA) is 59.3 Å². The van der Waals surface area contributed by atoms with Crippen LogP contribution in [0.15, 0.2) is 35.9 Å². The molecule has 0 amide bonds. The van der Waals surface area contributed by atoms with Crippen LogP contribution in [0.5, 0.6) is 0 Å². The summed E-state index contributed by atoms with van der Waals surface area (Å²) in [7, 11) is 0. The van der Waals surface area contributed by atoms with Crippen LogP contribution in [0.25, 0.3) is 5.76 Å². The Labute approximate surface area is 110 Å². The monoisotopic (exact) mass is 265 g/mol. The van der Waals surface area contributed by atoms with Gasteiger partial charge in [0.1, 0.15) is 6.07 Å². The molecule has 0 fully saturated rings. The highest BCUT2D eigenvalue weighted by Gasteiger charge is 2.19. The summed E-state index contributed by atoms with van der Waals surface area (Å²) in [6.07, 6.45) is 0. The summed E-state index contributed by atoms with van der Waals surface area (Å²) in [6.45, 7) is 1.85. The van der Waals surface area contributed by atoms with Crippen molar-refractivity contribution >= 4 is 23.3 Å². The van der Waals surface area contributed by atoms with Gasteiger partial charge < -0.3 is 9.47 Å². The lowest BCUT2D eigenvalue weighted by molar-refractivity contribution is -0.138. The Morgan fingerprint density at radius 3 is 2.50 bits per heavy atom. The van der Waals surface area contributed by atoms with E-state index in [1.165, 1.54) is 0 Å². The van der Waals surface area contributed by atoms with Crippen LogP contribution < -0.4 is 0 Å². The first-order chi connectivity index (χ1) is 8.74. The number of esters is 1. The van der Waals surface area contributed by atoms with Gasteiger partial charge in [-0.05, 0) is 6.92 Å². The maximum Gasteiger partial charge on any atom is 0.352 e. The quantitative estimate of drug-likeness (QED) is 0.270. The predicted molar refractivity (Wildman–Crippen MR) is 67.4 cm³/mol. The first-order valence-corrected chi connectivity index (χ1v) is 5.83. The molecule has 0 saturated heterocycles. The minimum Gasteiger partial charge on any atom is -0.476 e. The van der Waals surface area contributed by atoms with Gasteiger partial charge in [-0.3, -0.25) is 0 Å². The van der Waals surface area contributed by atoms with E-state index in [1.807, 2.05) is 6.07 Å². The number of alkyl halides is 1. The first-order valence-electron chi connectivity index (χ1n) is 5.30. The zero-order valence-electron chi connectivity index (χ0n) is 9.85.